The molecule has 2 atom stereocenters. The molecule has 25 heavy (non-hydrogen) atoms. The first-order chi connectivity index (χ1) is 12.0. The maximum atomic E-state index is 12.7. The van der Waals surface area contributed by atoms with Gasteiger partial charge in [-0.25, -0.2) is 0 Å². The van der Waals surface area contributed by atoms with Gasteiger partial charge < -0.3 is 10.2 Å². The van der Waals surface area contributed by atoms with Crippen molar-refractivity contribution in [3.05, 3.63) is 46.5 Å². The molecule has 1 aromatic carbocycles. The molecule has 0 heterocycles. The number of allylic oxidation sites excluding steroid dienone is 2. The van der Waals surface area contributed by atoms with Crippen molar-refractivity contribution in [2.24, 2.45) is 11.8 Å². The SMILES string of the molecule is CCN(CC)C(=O)C1CC=CCC1C(=O)Nc1ccccc1[N+](=O)[O-]. The summed E-state index contributed by atoms with van der Waals surface area (Å²) in [7, 11) is 0. The summed E-state index contributed by atoms with van der Waals surface area (Å²) in [5.74, 6) is -1.37. The summed E-state index contributed by atoms with van der Waals surface area (Å²) in [6.45, 7) is 4.99. The lowest BCUT2D eigenvalue weighted by atomic mass is 9.81. The van der Waals surface area contributed by atoms with E-state index in [0.29, 0.717) is 25.9 Å². The van der Waals surface area contributed by atoms with E-state index >= 15 is 0 Å². The van der Waals surface area contributed by atoms with Crippen LogP contribution in [-0.4, -0.2) is 34.7 Å². The monoisotopic (exact) mass is 345 g/mol. The number of benzene rings is 1. The highest BCUT2D eigenvalue weighted by Crippen LogP contribution is 2.30. The van der Waals surface area contributed by atoms with E-state index in [2.05, 4.69) is 5.32 Å². The quantitative estimate of drug-likeness (QED) is 0.487. The summed E-state index contributed by atoms with van der Waals surface area (Å²) in [5.41, 5.74) is -0.00471. The van der Waals surface area contributed by atoms with E-state index in [-0.39, 0.29) is 23.2 Å². The minimum Gasteiger partial charge on any atom is -0.343 e. The molecule has 7 heteroatoms. The number of nitro benzene ring substituents is 1. The lowest BCUT2D eigenvalue weighted by Crippen LogP contribution is -2.43. The van der Waals surface area contributed by atoms with Gasteiger partial charge in [-0.05, 0) is 32.8 Å². The van der Waals surface area contributed by atoms with Crippen LogP contribution in [0.5, 0.6) is 0 Å². The summed E-state index contributed by atoms with van der Waals surface area (Å²) in [4.78, 5) is 37.7. The Morgan fingerprint density at radius 2 is 1.76 bits per heavy atom. The molecule has 0 radical (unpaired) electrons. The fraction of sp³-hybridized carbons (Fsp3) is 0.444. The lowest BCUT2D eigenvalue weighted by molar-refractivity contribution is -0.383. The van der Waals surface area contributed by atoms with Crippen molar-refractivity contribution in [3.8, 4) is 0 Å². The summed E-state index contributed by atoms with van der Waals surface area (Å²) in [5, 5.41) is 13.7. The van der Waals surface area contributed by atoms with Crippen LogP contribution >= 0.6 is 0 Å². The van der Waals surface area contributed by atoms with E-state index in [1.807, 2.05) is 26.0 Å². The maximum Gasteiger partial charge on any atom is 0.292 e. The second kappa shape index (κ2) is 8.41. The number of nitrogens with one attached hydrogen (secondary N) is 1. The lowest BCUT2D eigenvalue weighted by Gasteiger charge is -2.31. The standard InChI is InChI=1S/C18H23N3O4/c1-3-20(4-2)18(23)14-10-6-5-9-13(14)17(22)19-15-11-7-8-12-16(15)21(24)25/h5-8,11-14H,3-4,9-10H2,1-2H3,(H,19,22). The topological polar surface area (TPSA) is 92.6 Å². The summed E-state index contributed by atoms with van der Waals surface area (Å²) < 4.78 is 0. The van der Waals surface area contributed by atoms with Crippen molar-refractivity contribution < 1.29 is 14.5 Å². The molecule has 2 rings (SSSR count). The second-order valence-electron chi connectivity index (χ2n) is 5.93. The van der Waals surface area contributed by atoms with E-state index < -0.39 is 16.8 Å². The molecular formula is C18H23N3O4. The number of rotatable bonds is 6. The first-order valence-corrected chi connectivity index (χ1v) is 8.47. The van der Waals surface area contributed by atoms with E-state index in [1.54, 1.807) is 17.0 Å². The fourth-order valence-corrected chi connectivity index (χ4v) is 3.11. The molecule has 134 valence electrons. The Bertz CT molecular complexity index is 683. The Balaban J connectivity index is 2.20. The van der Waals surface area contributed by atoms with Gasteiger partial charge >= 0.3 is 0 Å². The molecule has 2 amide bonds. The van der Waals surface area contributed by atoms with Crippen LogP contribution in [0.15, 0.2) is 36.4 Å². The zero-order chi connectivity index (χ0) is 18.4. The maximum absolute atomic E-state index is 12.7. The van der Waals surface area contributed by atoms with Gasteiger partial charge in [-0.15, -0.1) is 0 Å². The zero-order valence-corrected chi connectivity index (χ0v) is 14.5. The molecule has 0 bridgehead atoms. The van der Waals surface area contributed by atoms with Gasteiger partial charge in [0, 0.05) is 19.2 Å². The second-order valence-corrected chi connectivity index (χ2v) is 5.93. The number of para-hydroxylation sites is 2. The van der Waals surface area contributed by atoms with Crippen LogP contribution < -0.4 is 5.32 Å². The first kappa shape index (κ1) is 18.6. The number of anilines is 1. The van der Waals surface area contributed by atoms with E-state index in [0.717, 1.165) is 0 Å². The predicted molar refractivity (Wildman–Crippen MR) is 95.0 cm³/mol. The summed E-state index contributed by atoms with van der Waals surface area (Å²) >= 11 is 0. The average molecular weight is 345 g/mol. The molecule has 0 saturated heterocycles. The van der Waals surface area contributed by atoms with Crippen LogP contribution in [0.25, 0.3) is 0 Å². The highest BCUT2D eigenvalue weighted by molar-refractivity contribution is 5.97. The third kappa shape index (κ3) is 4.23. The molecule has 1 aromatic rings. The van der Waals surface area contributed by atoms with Crippen LogP contribution in [0, 0.1) is 22.0 Å². The smallest absolute Gasteiger partial charge is 0.292 e. The van der Waals surface area contributed by atoms with Gasteiger partial charge in [0.2, 0.25) is 11.8 Å². The van der Waals surface area contributed by atoms with Crippen LogP contribution in [0.1, 0.15) is 26.7 Å². The molecule has 1 aliphatic carbocycles. The number of carbonyl (C=O) groups excluding carboxylic acids is 2. The summed E-state index contributed by atoms with van der Waals surface area (Å²) in [6, 6.07) is 6.01. The molecule has 1 N–H and O–H groups in total. The Kier molecular flexibility index (Phi) is 6.27. The van der Waals surface area contributed by atoms with Crippen molar-refractivity contribution in [1.82, 2.24) is 4.90 Å². The third-order valence-electron chi connectivity index (χ3n) is 4.52. The van der Waals surface area contributed by atoms with E-state index in [1.165, 1.54) is 12.1 Å². The van der Waals surface area contributed by atoms with Crippen LogP contribution in [0.2, 0.25) is 0 Å². The molecule has 7 nitrogen and oxygen atoms in total. The molecule has 0 saturated carbocycles. The van der Waals surface area contributed by atoms with E-state index in [9.17, 15) is 19.7 Å². The Morgan fingerprint density at radius 3 is 2.36 bits per heavy atom. The average Bonchev–Trinajstić information content (AvgIpc) is 2.62. The Hall–Kier alpha value is -2.70. The normalized spacial score (nSPS) is 19.3. The minimum absolute atomic E-state index is 0.0444. The van der Waals surface area contributed by atoms with Gasteiger partial charge in [-0.1, -0.05) is 24.3 Å². The Morgan fingerprint density at radius 1 is 1.16 bits per heavy atom. The number of nitro groups is 1. The van der Waals surface area contributed by atoms with Gasteiger partial charge in [-0.2, -0.15) is 0 Å². The molecule has 0 aromatic heterocycles. The predicted octanol–water partition coefficient (Wildman–Crippen LogP) is 2.98. The Labute approximate surface area is 146 Å². The molecular weight excluding hydrogens is 322 g/mol. The third-order valence-corrected chi connectivity index (χ3v) is 4.52. The van der Waals surface area contributed by atoms with Crippen molar-refractivity contribution in [1.29, 1.82) is 0 Å². The highest BCUT2D eigenvalue weighted by Gasteiger charge is 2.36. The number of carbonyl (C=O) groups is 2. The number of hydrogen-bond acceptors (Lipinski definition) is 4. The first-order valence-electron chi connectivity index (χ1n) is 8.47. The van der Waals surface area contributed by atoms with Crippen LogP contribution in [0.4, 0.5) is 11.4 Å². The minimum atomic E-state index is -0.533. The highest BCUT2D eigenvalue weighted by atomic mass is 16.6. The molecule has 0 fully saturated rings. The van der Waals surface area contributed by atoms with Gasteiger partial charge in [0.1, 0.15) is 5.69 Å². The van der Waals surface area contributed by atoms with Gasteiger partial charge in [0.25, 0.3) is 5.69 Å². The molecule has 2 unspecified atom stereocenters. The van der Waals surface area contributed by atoms with Gasteiger partial charge in [0.15, 0.2) is 0 Å². The van der Waals surface area contributed by atoms with Gasteiger partial charge in [0.05, 0.1) is 16.8 Å². The van der Waals surface area contributed by atoms with Gasteiger partial charge in [-0.3, -0.25) is 19.7 Å². The molecule has 1 aliphatic rings. The van der Waals surface area contributed by atoms with Crippen molar-refractivity contribution in [2.45, 2.75) is 26.7 Å². The largest absolute Gasteiger partial charge is 0.343 e. The zero-order valence-electron chi connectivity index (χ0n) is 14.5. The number of hydrogen-bond donors (Lipinski definition) is 1. The molecule has 0 aliphatic heterocycles. The fourth-order valence-electron chi connectivity index (χ4n) is 3.11. The van der Waals surface area contributed by atoms with Crippen LogP contribution in [-0.2, 0) is 9.59 Å². The number of nitrogens with zero attached hydrogens (tertiary/aromatic N) is 2. The number of amides is 2. The van der Waals surface area contributed by atoms with Crippen molar-refractivity contribution >= 4 is 23.2 Å². The van der Waals surface area contributed by atoms with Crippen molar-refractivity contribution in [2.75, 3.05) is 18.4 Å². The van der Waals surface area contributed by atoms with Crippen LogP contribution in [0.3, 0.4) is 0 Å². The summed E-state index contributed by atoms with van der Waals surface area (Å²) in [6.07, 6.45) is 4.75. The van der Waals surface area contributed by atoms with E-state index in [4.69, 9.17) is 0 Å². The molecule has 0 spiro atoms. The van der Waals surface area contributed by atoms with Crippen molar-refractivity contribution in [3.63, 3.8) is 0 Å².